The second-order valence-corrected chi connectivity index (χ2v) is 16.5. The zero-order valence-electron chi connectivity index (χ0n) is 29.4. The number of sulfonamides is 1. The fraction of sp³-hybridized carbons (Fsp3) is 0.436. The largest absolute Gasteiger partial charge is 0.475 e. The molecule has 1 atom stereocenters. The van der Waals surface area contributed by atoms with Gasteiger partial charge in [-0.2, -0.15) is 4.98 Å². The molecule has 1 fully saturated rings. The fourth-order valence-corrected chi connectivity index (χ4v) is 8.27. The molecule has 0 spiro atoms. The van der Waals surface area contributed by atoms with Crippen molar-refractivity contribution in [3.05, 3.63) is 94.3 Å². The molecule has 0 unspecified atom stereocenters. The number of carbonyl (C=O) groups is 1. The monoisotopic (exact) mass is 681 g/mol. The number of ether oxygens (including phenoxy) is 1. The molecular weight excluding hydrogens is 635 g/mol. The summed E-state index contributed by atoms with van der Waals surface area (Å²) >= 11 is 0. The Balaban J connectivity index is 1.45. The molecule has 1 saturated carbocycles. The van der Waals surface area contributed by atoms with Crippen LogP contribution >= 0.6 is 0 Å². The topological polar surface area (TPSA) is 114 Å². The van der Waals surface area contributed by atoms with E-state index in [-0.39, 0.29) is 52.8 Å². The van der Waals surface area contributed by atoms with E-state index < -0.39 is 10.0 Å². The van der Waals surface area contributed by atoms with Gasteiger partial charge in [0.25, 0.3) is 15.9 Å². The van der Waals surface area contributed by atoms with Crippen LogP contribution in [-0.4, -0.2) is 46.8 Å². The van der Waals surface area contributed by atoms with Crippen molar-refractivity contribution in [2.45, 2.75) is 103 Å². The summed E-state index contributed by atoms with van der Waals surface area (Å²) in [7, 11) is -4.15. The molecule has 4 bridgehead atoms. The van der Waals surface area contributed by atoms with Crippen LogP contribution < -0.4 is 9.46 Å². The van der Waals surface area contributed by atoms with Gasteiger partial charge in [-0.05, 0) is 92.3 Å². The molecule has 1 aliphatic carbocycles. The van der Waals surface area contributed by atoms with Crippen LogP contribution in [0.1, 0.15) is 104 Å². The van der Waals surface area contributed by atoms with Crippen molar-refractivity contribution in [2.75, 3.05) is 11.3 Å². The Morgan fingerprint density at radius 1 is 0.898 bits per heavy atom. The highest BCUT2D eigenvalue weighted by Gasteiger charge is 2.32. The first-order valence-electron chi connectivity index (χ1n) is 17.3. The predicted octanol–water partition coefficient (Wildman–Crippen LogP) is 8.15. The molecule has 2 aromatic heterocycles. The number of amides is 1. The first-order chi connectivity index (χ1) is 23.3. The molecule has 2 aromatic carbocycles. The van der Waals surface area contributed by atoms with E-state index in [0.29, 0.717) is 18.0 Å². The molecule has 258 valence electrons. The van der Waals surface area contributed by atoms with E-state index in [1.807, 2.05) is 38.1 Å². The minimum atomic E-state index is -4.15. The summed E-state index contributed by atoms with van der Waals surface area (Å²) in [5, 5.41) is 0. The molecule has 1 amide bonds. The lowest BCUT2D eigenvalue weighted by atomic mass is 9.83. The number of anilines is 1. The van der Waals surface area contributed by atoms with Gasteiger partial charge in [0.1, 0.15) is 6.61 Å². The number of aryl methyl sites for hydroxylation is 3. The Hall–Kier alpha value is -4.31. The molecule has 1 aliphatic heterocycles. The number of rotatable bonds is 5. The summed E-state index contributed by atoms with van der Waals surface area (Å²) < 4.78 is 36.4. The molecule has 49 heavy (non-hydrogen) atoms. The summed E-state index contributed by atoms with van der Waals surface area (Å²) in [5.41, 5.74) is 6.56. The minimum Gasteiger partial charge on any atom is -0.475 e. The molecule has 3 heterocycles. The highest BCUT2D eigenvalue weighted by molar-refractivity contribution is 7.92. The molecule has 6 rings (SSSR count). The number of fused-ring (bicyclic) bond motifs is 4. The number of carbonyl (C=O) groups excluding carboxylic acids is 1. The highest BCUT2D eigenvalue weighted by atomic mass is 32.2. The number of hydrogen-bond acceptors (Lipinski definition) is 7. The van der Waals surface area contributed by atoms with E-state index in [4.69, 9.17) is 9.72 Å². The van der Waals surface area contributed by atoms with E-state index >= 15 is 0 Å². The lowest BCUT2D eigenvalue weighted by Crippen LogP contribution is -2.45. The summed E-state index contributed by atoms with van der Waals surface area (Å²) in [6.45, 7) is 12.8. The minimum absolute atomic E-state index is 0.0562. The lowest BCUT2D eigenvalue weighted by molar-refractivity contribution is 0.0509. The smallest absolute Gasteiger partial charge is 0.264 e. The van der Waals surface area contributed by atoms with Crippen molar-refractivity contribution in [3.63, 3.8) is 0 Å². The number of pyridine rings is 1. The quantitative estimate of drug-likeness (QED) is 0.226. The molecule has 1 N–H and O–H groups in total. The van der Waals surface area contributed by atoms with Crippen molar-refractivity contribution in [1.82, 2.24) is 19.9 Å². The first kappa shape index (κ1) is 34.5. The first-order valence-corrected chi connectivity index (χ1v) is 18.7. The SMILES string of the molecule is Cc1cccc(C)c1-c1cc2nc(n1)NS(=O)(=O)c1cccc(c1)C(=O)N(Cc1ccc(C3CCCCC3)c(C)n1)[C@H](CC(C)(C)C)CO2. The zero-order valence-corrected chi connectivity index (χ0v) is 30.2. The van der Waals surface area contributed by atoms with Gasteiger partial charge < -0.3 is 9.64 Å². The van der Waals surface area contributed by atoms with Crippen LogP contribution in [0, 0.1) is 26.2 Å². The van der Waals surface area contributed by atoms with Crippen LogP contribution in [0.15, 0.2) is 65.6 Å². The second-order valence-electron chi connectivity index (χ2n) is 14.8. The van der Waals surface area contributed by atoms with Gasteiger partial charge >= 0.3 is 0 Å². The third kappa shape index (κ3) is 7.96. The standard InChI is InChI=1S/C39H47N5O4S/c1-25-12-10-13-26(2)36(25)34-21-35-42-38(41-34)43-49(46,47)32-17-11-16-29(20-32)37(45)44(31(24-48-35)22-39(4,5)6)23-30-18-19-33(27(3)40-30)28-14-8-7-9-15-28/h10-13,16-21,28,31H,7-9,14-15,22-24H2,1-6H3,(H,41,42,43)/t31-/m1/s1. The van der Waals surface area contributed by atoms with Gasteiger partial charge in [-0.1, -0.05) is 70.4 Å². The maximum Gasteiger partial charge on any atom is 0.264 e. The number of aromatic nitrogens is 3. The molecule has 9 nitrogen and oxygen atoms in total. The van der Waals surface area contributed by atoms with Crippen LogP contribution in [0.2, 0.25) is 0 Å². The Bertz CT molecular complexity index is 1940. The average molecular weight is 682 g/mol. The summed E-state index contributed by atoms with van der Waals surface area (Å²) in [4.78, 5) is 30.4. The highest BCUT2D eigenvalue weighted by Crippen LogP contribution is 2.35. The summed E-state index contributed by atoms with van der Waals surface area (Å²) in [6.07, 6.45) is 6.76. The van der Waals surface area contributed by atoms with Crippen molar-refractivity contribution in [1.29, 1.82) is 0 Å². The van der Waals surface area contributed by atoms with Crippen LogP contribution in [0.4, 0.5) is 5.95 Å². The molecule has 0 saturated heterocycles. The molecule has 10 heteroatoms. The van der Waals surface area contributed by atoms with Crippen molar-refractivity contribution in [3.8, 4) is 17.1 Å². The third-order valence-electron chi connectivity index (χ3n) is 9.59. The number of nitrogens with one attached hydrogen (secondary N) is 1. The third-order valence-corrected chi connectivity index (χ3v) is 10.9. The maximum atomic E-state index is 14.5. The fourth-order valence-electron chi connectivity index (χ4n) is 7.28. The van der Waals surface area contributed by atoms with Gasteiger partial charge in [-0.3, -0.25) is 9.78 Å². The Morgan fingerprint density at radius 3 is 2.31 bits per heavy atom. The summed E-state index contributed by atoms with van der Waals surface area (Å²) in [6, 6.07) is 17.7. The van der Waals surface area contributed by atoms with E-state index in [1.54, 1.807) is 23.1 Å². The Labute approximate surface area is 290 Å². The molecule has 2 aliphatic rings. The van der Waals surface area contributed by atoms with Crippen LogP contribution in [0.25, 0.3) is 11.3 Å². The summed E-state index contributed by atoms with van der Waals surface area (Å²) in [5.74, 6) is 0.342. The molecule has 0 radical (unpaired) electrons. The van der Waals surface area contributed by atoms with Crippen LogP contribution in [0.3, 0.4) is 0 Å². The van der Waals surface area contributed by atoms with Gasteiger partial charge in [0, 0.05) is 22.9 Å². The lowest BCUT2D eigenvalue weighted by Gasteiger charge is -2.35. The zero-order chi connectivity index (χ0) is 34.9. The van der Waals surface area contributed by atoms with Gasteiger partial charge in [-0.25, -0.2) is 18.1 Å². The van der Waals surface area contributed by atoms with Crippen molar-refractivity contribution < 1.29 is 17.9 Å². The molecule has 4 aromatic rings. The van der Waals surface area contributed by atoms with Gasteiger partial charge in [0.2, 0.25) is 11.8 Å². The van der Waals surface area contributed by atoms with E-state index in [1.165, 1.54) is 49.8 Å². The van der Waals surface area contributed by atoms with E-state index in [9.17, 15) is 13.2 Å². The normalized spacial score (nSPS) is 18.4. The van der Waals surface area contributed by atoms with Crippen molar-refractivity contribution in [2.24, 2.45) is 5.41 Å². The van der Waals surface area contributed by atoms with E-state index in [0.717, 1.165) is 28.1 Å². The number of benzene rings is 2. The van der Waals surface area contributed by atoms with Crippen LogP contribution in [-0.2, 0) is 16.6 Å². The van der Waals surface area contributed by atoms with Crippen molar-refractivity contribution >= 4 is 21.9 Å². The Morgan fingerprint density at radius 2 is 1.61 bits per heavy atom. The number of nitrogens with zero attached hydrogens (tertiary/aromatic N) is 4. The molecular formula is C39H47N5O4S. The predicted molar refractivity (Wildman–Crippen MR) is 192 cm³/mol. The average Bonchev–Trinajstić information content (AvgIpc) is 3.05. The Kier molecular flexibility index (Phi) is 9.80. The van der Waals surface area contributed by atoms with E-state index in [2.05, 4.69) is 48.5 Å². The van der Waals surface area contributed by atoms with Gasteiger partial charge in [0.15, 0.2) is 0 Å². The van der Waals surface area contributed by atoms with Gasteiger partial charge in [-0.15, -0.1) is 0 Å². The number of hydrogen-bond donors (Lipinski definition) is 1. The van der Waals surface area contributed by atoms with Crippen LogP contribution in [0.5, 0.6) is 5.88 Å². The van der Waals surface area contributed by atoms with Gasteiger partial charge in [0.05, 0.1) is 28.9 Å². The second kappa shape index (κ2) is 13.9. The maximum absolute atomic E-state index is 14.5.